The van der Waals surface area contributed by atoms with Crippen LogP contribution >= 0.6 is 0 Å². The molecular weight excluding hydrogens is 296 g/mol. The zero-order valence-corrected chi connectivity index (χ0v) is 14.3. The van der Waals surface area contributed by atoms with Crippen LogP contribution in [0.4, 0.5) is 5.69 Å². The molecule has 4 rings (SSSR count). The number of nitrogens with zero attached hydrogens (tertiary/aromatic N) is 3. The molecule has 3 heterocycles. The lowest BCUT2D eigenvalue weighted by molar-refractivity contribution is 0.417. The van der Waals surface area contributed by atoms with Crippen molar-refractivity contribution in [1.82, 2.24) is 14.7 Å². The fourth-order valence-electron chi connectivity index (χ4n) is 3.36. The molecular formula is C20H24N4. The highest BCUT2D eigenvalue weighted by Crippen LogP contribution is 2.22. The van der Waals surface area contributed by atoms with E-state index in [1.165, 1.54) is 11.2 Å². The van der Waals surface area contributed by atoms with E-state index in [2.05, 4.69) is 83.2 Å². The zero-order chi connectivity index (χ0) is 16.5. The summed E-state index contributed by atoms with van der Waals surface area (Å²) in [5.41, 5.74) is 3.68. The first kappa shape index (κ1) is 15.2. The Labute approximate surface area is 143 Å². The minimum atomic E-state index is 0.422. The number of benzene rings is 1. The second kappa shape index (κ2) is 6.29. The van der Waals surface area contributed by atoms with E-state index in [9.17, 15) is 0 Å². The van der Waals surface area contributed by atoms with Gasteiger partial charge in [0.25, 0.3) is 0 Å². The molecule has 4 nitrogen and oxygen atoms in total. The van der Waals surface area contributed by atoms with Gasteiger partial charge in [-0.25, -0.2) is 4.98 Å². The van der Waals surface area contributed by atoms with E-state index < -0.39 is 0 Å². The van der Waals surface area contributed by atoms with Crippen molar-refractivity contribution in [2.24, 2.45) is 0 Å². The SMILES string of the molecule is CC(C)c1nc(CNC2CN(c3ccccc3)C2)c2ccccn12. The Morgan fingerprint density at radius 2 is 1.83 bits per heavy atom. The average molecular weight is 320 g/mol. The molecule has 0 saturated carbocycles. The first-order valence-electron chi connectivity index (χ1n) is 8.71. The van der Waals surface area contributed by atoms with Crippen molar-refractivity contribution in [3.63, 3.8) is 0 Å². The predicted molar refractivity (Wildman–Crippen MR) is 98.6 cm³/mol. The molecule has 24 heavy (non-hydrogen) atoms. The number of nitrogens with one attached hydrogen (secondary N) is 1. The molecule has 1 aromatic carbocycles. The van der Waals surface area contributed by atoms with Gasteiger partial charge in [-0.2, -0.15) is 0 Å². The normalized spacial score (nSPS) is 15.2. The quantitative estimate of drug-likeness (QED) is 0.782. The molecule has 0 amide bonds. The van der Waals surface area contributed by atoms with Crippen LogP contribution in [0.1, 0.15) is 31.3 Å². The molecule has 0 atom stereocenters. The molecule has 3 aromatic rings. The number of aromatic nitrogens is 2. The van der Waals surface area contributed by atoms with Gasteiger partial charge >= 0.3 is 0 Å². The first-order valence-corrected chi connectivity index (χ1v) is 8.71. The standard InChI is InChI=1S/C20H24N4/c1-15(2)20-22-18(19-10-6-7-11-24(19)20)12-21-16-13-23(14-16)17-8-4-3-5-9-17/h3-11,15-16,21H,12-14H2,1-2H3. The minimum Gasteiger partial charge on any atom is -0.368 e. The Bertz CT molecular complexity index is 816. The van der Waals surface area contributed by atoms with Crippen molar-refractivity contribution in [2.45, 2.75) is 32.4 Å². The average Bonchev–Trinajstić information content (AvgIpc) is 2.94. The van der Waals surface area contributed by atoms with Crippen LogP contribution in [0.3, 0.4) is 0 Å². The Balaban J connectivity index is 1.42. The molecule has 124 valence electrons. The molecule has 0 spiro atoms. The van der Waals surface area contributed by atoms with Crippen molar-refractivity contribution in [3.05, 3.63) is 66.2 Å². The van der Waals surface area contributed by atoms with Gasteiger partial charge in [-0.3, -0.25) is 0 Å². The van der Waals surface area contributed by atoms with E-state index in [0.717, 1.165) is 31.2 Å². The van der Waals surface area contributed by atoms with Crippen LogP contribution < -0.4 is 10.2 Å². The van der Waals surface area contributed by atoms with Crippen LogP contribution in [-0.4, -0.2) is 28.5 Å². The third-order valence-corrected chi connectivity index (χ3v) is 4.73. The number of hydrogen-bond donors (Lipinski definition) is 1. The molecule has 1 saturated heterocycles. The molecule has 0 radical (unpaired) electrons. The number of fused-ring (bicyclic) bond motifs is 1. The number of para-hydroxylation sites is 1. The van der Waals surface area contributed by atoms with Crippen LogP contribution in [-0.2, 0) is 6.54 Å². The van der Waals surface area contributed by atoms with Gasteiger partial charge in [-0.15, -0.1) is 0 Å². The van der Waals surface area contributed by atoms with Crippen molar-refractivity contribution in [3.8, 4) is 0 Å². The largest absolute Gasteiger partial charge is 0.368 e. The lowest BCUT2D eigenvalue weighted by atomic mass is 10.1. The van der Waals surface area contributed by atoms with E-state index in [1.807, 2.05) is 0 Å². The van der Waals surface area contributed by atoms with Gasteiger partial charge in [0.05, 0.1) is 11.2 Å². The summed E-state index contributed by atoms with van der Waals surface area (Å²) in [6.07, 6.45) is 2.11. The molecule has 4 heteroatoms. The molecule has 1 N–H and O–H groups in total. The highest BCUT2D eigenvalue weighted by Gasteiger charge is 2.26. The summed E-state index contributed by atoms with van der Waals surface area (Å²) in [6, 6.07) is 17.5. The molecule has 0 unspecified atom stereocenters. The minimum absolute atomic E-state index is 0.422. The Morgan fingerprint density at radius 1 is 1.08 bits per heavy atom. The van der Waals surface area contributed by atoms with Gasteiger partial charge in [-0.1, -0.05) is 38.1 Å². The monoisotopic (exact) mass is 320 g/mol. The van der Waals surface area contributed by atoms with Crippen LogP contribution in [0.2, 0.25) is 0 Å². The van der Waals surface area contributed by atoms with Gasteiger partial charge in [0.15, 0.2) is 0 Å². The summed E-state index contributed by atoms with van der Waals surface area (Å²) in [5, 5.41) is 3.66. The zero-order valence-electron chi connectivity index (χ0n) is 14.3. The molecule has 1 aliphatic rings. The maximum absolute atomic E-state index is 4.88. The van der Waals surface area contributed by atoms with Gasteiger partial charge in [0.2, 0.25) is 0 Å². The van der Waals surface area contributed by atoms with E-state index >= 15 is 0 Å². The fourth-order valence-corrected chi connectivity index (χ4v) is 3.36. The lowest BCUT2D eigenvalue weighted by Crippen LogP contribution is -2.57. The fraction of sp³-hybridized carbons (Fsp3) is 0.350. The Kier molecular flexibility index (Phi) is 3.98. The van der Waals surface area contributed by atoms with Crippen LogP contribution in [0.25, 0.3) is 5.52 Å². The van der Waals surface area contributed by atoms with Gasteiger partial charge < -0.3 is 14.6 Å². The summed E-state index contributed by atoms with van der Waals surface area (Å²) in [5.74, 6) is 1.56. The first-order chi connectivity index (χ1) is 11.7. The van der Waals surface area contributed by atoms with Crippen LogP contribution in [0.15, 0.2) is 54.7 Å². The predicted octanol–water partition coefficient (Wildman–Crippen LogP) is 3.44. The third kappa shape index (κ3) is 2.78. The van der Waals surface area contributed by atoms with Gasteiger partial charge in [0.1, 0.15) is 5.82 Å². The van der Waals surface area contributed by atoms with E-state index in [-0.39, 0.29) is 0 Å². The van der Waals surface area contributed by atoms with Crippen molar-refractivity contribution < 1.29 is 0 Å². The number of pyridine rings is 1. The third-order valence-electron chi connectivity index (χ3n) is 4.73. The second-order valence-corrected chi connectivity index (χ2v) is 6.85. The summed E-state index contributed by atoms with van der Waals surface area (Å²) >= 11 is 0. The molecule has 0 aliphatic carbocycles. The molecule has 1 fully saturated rings. The summed E-state index contributed by atoms with van der Waals surface area (Å²) < 4.78 is 2.22. The molecule has 1 aliphatic heterocycles. The van der Waals surface area contributed by atoms with E-state index in [4.69, 9.17) is 4.98 Å². The summed E-state index contributed by atoms with van der Waals surface area (Å²) in [6.45, 7) is 7.35. The van der Waals surface area contributed by atoms with Crippen molar-refractivity contribution in [1.29, 1.82) is 0 Å². The topological polar surface area (TPSA) is 32.6 Å². The summed E-state index contributed by atoms with van der Waals surface area (Å²) in [7, 11) is 0. The van der Waals surface area contributed by atoms with E-state index in [1.54, 1.807) is 0 Å². The number of anilines is 1. The van der Waals surface area contributed by atoms with Gasteiger partial charge in [-0.05, 0) is 24.3 Å². The number of rotatable bonds is 5. The second-order valence-electron chi connectivity index (χ2n) is 6.85. The maximum atomic E-state index is 4.88. The van der Waals surface area contributed by atoms with Gasteiger partial charge in [0, 0.05) is 43.5 Å². The number of imidazole rings is 1. The summed E-state index contributed by atoms with van der Waals surface area (Å²) in [4.78, 5) is 7.29. The smallest absolute Gasteiger partial charge is 0.116 e. The maximum Gasteiger partial charge on any atom is 0.116 e. The van der Waals surface area contributed by atoms with E-state index in [0.29, 0.717) is 12.0 Å². The van der Waals surface area contributed by atoms with Crippen LogP contribution in [0, 0.1) is 0 Å². The Morgan fingerprint density at radius 3 is 2.58 bits per heavy atom. The van der Waals surface area contributed by atoms with Crippen molar-refractivity contribution in [2.75, 3.05) is 18.0 Å². The number of hydrogen-bond acceptors (Lipinski definition) is 3. The molecule has 0 bridgehead atoms. The lowest BCUT2D eigenvalue weighted by Gasteiger charge is -2.41. The highest BCUT2D eigenvalue weighted by molar-refractivity contribution is 5.54. The highest BCUT2D eigenvalue weighted by atomic mass is 15.2. The molecule has 2 aromatic heterocycles. The van der Waals surface area contributed by atoms with Crippen LogP contribution in [0.5, 0.6) is 0 Å². The Hall–Kier alpha value is -2.33. The van der Waals surface area contributed by atoms with Crippen molar-refractivity contribution >= 4 is 11.2 Å².